The molecule has 0 radical (unpaired) electrons. The van der Waals surface area contributed by atoms with Crippen LogP contribution in [0.1, 0.15) is 61.3 Å². The van der Waals surface area contributed by atoms with E-state index >= 15 is 0 Å². The van der Waals surface area contributed by atoms with Crippen LogP contribution in [0.4, 0.5) is 0 Å². The second-order valence-corrected chi connectivity index (χ2v) is 8.90. The first-order valence-corrected chi connectivity index (χ1v) is 11.8. The number of carbonyl (C=O) groups is 2. The molecule has 0 bridgehead atoms. The third-order valence-electron chi connectivity index (χ3n) is 6.29. The van der Waals surface area contributed by atoms with Crippen LogP contribution in [0.2, 0.25) is 5.02 Å². The molecule has 1 aromatic heterocycles. The van der Waals surface area contributed by atoms with Crippen LogP contribution in [0, 0.1) is 0 Å². The van der Waals surface area contributed by atoms with E-state index in [0.717, 1.165) is 49.8 Å². The summed E-state index contributed by atoms with van der Waals surface area (Å²) in [6.45, 7) is 4.89. The Morgan fingerprint density at radius 3 is 2.75 bits per heavy atom. The van der Waals surface area contributed by atoms with Crippen molar-refractivity contribution in [2.24, 2.45) is 0 Å². The highest BCUT2D eigenvalue weighted by molar-refractivity contribution is 6.32. The smallest absolute Gasteiger partial charge is 0.359 e. The minimum Gasteiger partial charge on any atom is -0.489 e. The number of likely N-dealkylation sites (tertiary alicyclic amines) is 1. The SMILES string of the molecule is CCOC(=O)c1nn(CC(=O)N2CC[C@@H](Oc3ccccc3Cl)C[C@H]2C)c2c1CCCC2. The van der Waals surface area contributed by atoms with Gasteiger partial charge in [-0.25, -0.2) is 4.79 Å². The summed E-state index contributed by atoms with van der Waals surface area (Å²) in [5.74, 6) is 0.295. The number of para-hydroxylation sites is 1. The molecule has 0 N–H and O–H groups in total. The summed E-state index contributed by atoms with van der Waals surface area (Å²) in [5.41, 5.74) is 2.31. The van der Waals surface area contributed by atoms with E-state index < -0.39 is 5.97 Å². The Kier molecular flexibility index (Phi) is 7.04. The van der Waals surface area contributed by atoms with Gasteiger partial charge < -0.3 is 14.4 Å². The number of piperidine rings is 1. The van der Waals surface area contributed by atoms with Gasteiger partial charge in [0.05, 0.1) is 11.6 Å². The number of nitrogens with zero attached hydrogens (tertiary/aromatic N) is 3. The quantitative estimate of drug-likeness (QED) is 0.609. The first kappa shape index (κ1) is 22.6. The average Bonchev–Trinajstić information content (AvgIpc) is 3.14. The predicted molar refractivity (Wildman–Crippen MR) is 121 cm³/mol. The van der Waals surface area contributed by atoms with Gasteiger partial charge in [-0.05, 0) is 51.7 Å². The molecule has 2 atom stereocenters. The molecule has 2 aliphatic rings. The van der Waals surface area contributed by atoms with Crippen LogP contribution in [-0.4, -0.2) is 51.9 Å². The molecule has 8 heteroatoms. The Balaban J connectivity index is 1.42. The number of carbonyl (C=O) groups excluding carboxylic acids is 2. The molecule has 1 saturated heterocycles. The standard InChI is InChI=1S/C24H30ClN3O4/c1-3-31-24(30)23-18-8-4-6-10-20(18)28(26-23)15-22(29)27-13-12-17(14-16(27)2)32-21-11-7-5-9-19(21)25/h5,7,9,11,16-17H,3-4,6,8,10,12-15H2,1-2H3/t16-,17-/m1/s1. The fourth-order valence-corrected chi connectivity index (χ4v) is 4.89. The van der Waals surface area contributed by atoms with Crippen molar-refractivity contribution in [3.8, 4) is 5.75 Å². The molecule has 4 rings (SSSR count). The van der Waals surface area contributed by atoms with Crippen molar-refractivity contribution in [2.75, 3.05) is 13.2 Å². The molecule has 2 heterocycles. The van der Waals surface area contributed by atoms with Crippen molar-refractivity contribution < 1.29 is 19.1 Å². The number of amides is 1. The maximum absolute atomic E-state index is 13.2. The van der Waals surface area contributed by atoms with Gasteiger partial charge in [0.15, 0.2) is 5.69 Å². The molecule has 0 unspecified atom stereocenters. The number of halogens is 1. The van der Waals surface area contributed by atoms with Crippen LogP contribution < -0.4 is 4.74 Å². The van der Waals surface area contributed by atoms with Crippen LogP contribution in [0.3, 0.4) is 0 Å². The lowest BCUT2D eigenvalue weighted by molar-refractivity contribution is -0.136. The molecule has 0 spiro atoms. The van der Waals surface area contributed by atoms with Gasteiger partial charge in [0.1, 0.15) is 18.4 Å². The van der Waals surface area contributed by atoms with Crippen LogP contribution in [-0.2, 0) is 28.9 Å². The predicted octanol–water partition coefficient (Wildman–Crippen LogP) is 4.05. The average molecular weight is 460 g/mol. The van der Waals surface area contributed by atoms with Crippen molar-refractivity contribution in [1.82, 2.24) is 14.7 Å². The van der Waals surface area contributed by atoms with Crippen molar-refractivity contribution in [2.45, 2.75) is 71.1 Å². The summed E-state index contributed by atoms with van der Waals surface area (Å²) in [6, 6.07) is 7.50. The zero-order valence-corrected chi connectivity index (χ0v) is 19.4. The fourth-order valence-electron chi connectivity index (χ4n) is 4.71. The number of hydrogen-bond acceptors (Lipinski definition) is 5. The Hall–Kier alpha value is -2.54. The van der Waals surface area contributed by atoms with E-state index in [-0.39, 0.29) is 24.6 Å². The van der Waals surface area contributed by atoms with Gasteiger partial charge in [-0.1, -0.05) is 23.7 Å². The molecular weight excluding hydrogens is 430 g/mol. The van der Waals surface area contributed by atoms with Crippen molar-refractivity contribution in [1.29, 1.82) is 0 Å². The van der Waals surface area contributed by atoms with E-state index in [0.29, 0.717) is 29.6 Å². The number of ether oxygens (including phenoxy) is 2. The van der Waals surface area contributed by atoms with Gasteiger partial charge in [-0.3, -0.25) is 9.48 Å². The van der Waals surface area contributed by atoms with Crippen LogP contribution >= 0.6 is 11.6 Å². The van der Waals surface area contributed by atoms with E-state index in [4.69, 9.17) is 21.1 Å². The van der Waals surface area contributed by atoms with E-state index in [2.05, 4.69) is 5.10 Å². The first-order chi connectivity index (χ1) is 15.5. The lowest BCUT2D eigenvalue weighted by Crippen LogP contribution is -2.48. The lowest BCUT2D eigenvalue weighted by Gasteiger charge is -2.38. The molecule has 1 amide bonds. The monoisotopic (exact) mass is 459 g/mol. The van der Waals surface area contributed by atoms with Crippen LogP contribution in [0.5, 0.6) is 5.75 Å². The number of fused-ring (bicyclic) bond motifs is 1. The molecule has 0 saturated carbocycles. The van der Waals surface area contributed by atoms with Gasteiger partial charge in [-0.2, -0.15) is 5.10 Å². The third-order valence-corrected chi connectivity index (χ3v) is 6.60. The van der Waals surface area contributed by atoms with E-state index in [9.17, 15) is 9.59 Å². The summed E-state index contributed by atoms with van der Waals surface area (Å²) in [7, 11) is 0. The van der Waals surface area contributed by atoms with Crippen molar-refractivity contribution >= 4 is 23.5 Å². The Labute approximate surface area is 193 Å². The second kappa shape index (κ2) is 9.94. The molecule has 1 fully saturated rings. The van der Waals surface area contributed by atoms with E-state index in [1.807, 2.05) is 36.1 Å². The molecule has 7 nitrogen and oxygen atoms in total. The molecule has 32 heavy (non-hydrogen) atoms. The molecule has 1 aliphatic carbocycles. The highest BCUT2D eigenvalue weighted by Crippen LogP contribution is 2.29. The summed E-state index contributed by atoms with van der Waals surface area (Å²) in [6.07, 6.45) is 5.19. The molecule has 172 valence electrons. The lowest BCUT2D eigenvalue weighted by atomic mass is 9.95. The Morgan fingerprint density at radius 1 is 1.22 bits per heavy atom. The van der Waals surface area contributed by atoms with Gasteiger partial charge in [0.2, 0.25) is 5.91 Å². The summed E-state index contributed by atoms with van der Waals surface area (Å²) >= 11 is 6.22. The summed E-state index contributed by atoms with van der Waals surface area (Å²) in [5, 5.41) is 5.10. The van der Waals surface area contributed by atoms with Crippen LogP contribution in [0.25, 0.3) is 0 Å². The topological polar surface area (TPSA) is 73.7 Å². The highest BCUT2D eigenvalue weighted by atomic mass is 35.5. The van der Waals surface area contributed by atoms with E-state index in [1.165, 1.54) is 0 Å². The number of aromatic nitrogens is 2. The second-order valence-electron chi connectivity index (χ2n) is 8.49. The summed E-state index contributed by atoms with van der Waals surface area (Å²) < 4.78 is 13.0. The van der Waals surface area contributed by atoms with Gasteiger partial charge >= 0.3 is 5.97 Å². The number of rotatable bonds is 6. The van der Waals surface area contributed by atoms with Crippen molar-refractivity contribution in [3.05, 3.63) is 46.2 Å². The van der Waals surface area contributed by atoms with Crippen LogP contribution in [0.15, 0.2) is 24.3 Å². The molecule has 1 aromatic carbocycles. The zero-order valence-electron chi connectivity index (χ0n) is 18.7. The number of benzene rings is 1. The number of hydrogen-bond donors (Lipinski definition) is 0. The minimum absolute atomic E-state index is 0.0139. The molecular formula is C24H30ClN3O4. The summed E-state index contributed by atoms with van der Waals surface area (Å²) in [4.78, 5) is 27.4. The number of esters is 1. The van der Waals surface area contributed by atoms with Gasteiger partial charge in [-0.15, -0.1) is 0 Å². The zero-order chi connectivity index (χ0) is 22.7. The molecule has 2 aromatic rings. The van der Waals surface area contributed by atoms with Gasteiger partial charge in [0.25, 0.3) is 0 Å². The normalized spacial score (nSPS) is 20.5. The molecule has 1 aliphatic heterocycles. The van der Waals surface area contributed by atoms with Gasteiger partial charge in [0, 0.05) is 36.7 Å². The first-order valence-electron chi connectivity index (χ1n) is 11.4. The highest BCUT2D eigenvalue weighted by Gasteiger charge is 2.32. The Morgan fingerprint density at radius 2 is 2.00 bits per heavy atom. The van der Waals surface area contributed by atoms with E-state index in [1.54, 1.807) is 11.6 Å². The fraction of sp³-hybridized carbons (Fsp3) is 0.542. The maximum Gasteiger partial charge on any atom is 0.359 e. The Bertz CT molecular complexity index is 990. The van der Waals surface area contributed by atoms with Crippen molar-refractivity contribution in [3.63, 3.8) is 0 Å². The minimum atomic E-state index is -0.400. The third kappa shape index (κ3) is 4.77. The maximum atomic E-state index is 13.2. The largest absolute Gasteiger partial charge is 0.489 e.